The van der Waals surface area contributed by atoms with Gasteiger partial charge in [0.15, 0.2) is 0 Å². The number of carbonyl (C=O) groups excluding carboxylic acids is 2. The number of aryl methyl sites for hydroxylation is 1. The minimum atomic E-state index is -4.49. The lowest BCUT2D eigenvalue weighted by atomic mass is 10.1. The number of amides is 2. The second kappa shape index (κ2) is 7.96. The van der Waals surface area contributed by atoms with Crippen LogP contribution in [0.2, 0.25) is 0 Å². The standard InChI is InChI=1S/C16H15F3N2O2S/c17-16(18,19)10-20-15(23)12-5-1-2-6-13(12)21-14(22)8-7-11-4-3-9-24-11/h1-6,9H,7-8,10H2,(H,20,23)(H,21,22). The molecular weight excluding hydrogens is 341 g/mol. The molecule has 0 aliphatic rings. The third kappa shape index (κ3) is 5.69. The van der Waals surface area contributed by atoms with Crippen LogP contribution in [0.3, 0.4) is 0 Å². The molecule has 0 saturated carbocycles. The lowest BCUT2D eigenvalue weighted by Gasteiger charge is -2.12. The molecule has 2 rings (SSSR count). The number of benzene rings is 1. The van der Waals surface area contributed by atoms with E-state index in [1.54, 1.807) is 11.4 Å². The van der Waals surface area contributed by atoms with Crippen molar-refractivity contribution in [3.05, 3.63) is 52.2 Å². The van der Waals surface area contributed by atoms with E-state index in [9.17, 15) is 22.8 Å². The summed E-state index contributed by atoms with van der Waals surface area (Å²) in [7, 11) is 0. The molecule has 0 unspecified atom stereocenters. The molecule has 0 spiro atoms. The summed E-state index contributed by atoms with van der Waals surface area (Å²) in [4.78, 5) is 24.9. The van der Waals surface area contributed by atoms with E-state index in [4.69, 9.17) is 0 Å². The SMILES string of the molecule is O=C(CCc1cccs1)Nc1ccccc1C(=O)NCC(F)(F)F. The zero-order valence-corrected chi connectivity index (χ0v) is 13.3. The van der Waals surface area contributed by atoms with Gasteiger partial charge in [-0.05, 0) is 30.0 Å². The maximum Gasteiger partial charge on any atom is 0.405 e. The number of para-hydroxylation sites is 1. The summed E-state index contributed by atoms with van der Waals surface area (Å²) in [5.41, 5.74) is 0.180. The second-order valence-electron chi connectivity index (χ2n) is 4.97. The Bertz CT molecular complexity index is 700. The van der Waals surface area contributed by atoms with Crippen LogP contribution in [-0.4, -0.2) is 24.5 Å². The second-order valence-corrected chi connectivity index (χ2v) is 6.00. The van der Waals surface area contributed by atoms with Gasteiger partial charge in [-0.2, -0.15) is 13.2 Å². The molecule has 2 aromatic rings. The number of nitrogens with one attached hydrogen (secondary N) is 2. The van der Waals surface area contributed by atoms with E-state index in [0.29, 0.717) is 6.42 Å². The van der Waals surface area contributed by atoms with Gasteiger partial charge in [-0.25, -0.2) is 0 Å². The van der Waals surface area contributed by atoms with Gasteiger partial charge in [-0.3, -0.25) is 9.59 Å². The minimum absolute atomic E-state index is 0.00813. The van der Waals surface area contributed by atoms with Crippen LogP contribution in [0.15, 0.2) is 41.8 Å². The highest BCUT2D eigenvalue weighted by Gasteiger charge is 2.28. The third-order valence-corrected chi connectivity index (χ3v) is 4.01. The molecule has 4 nitrogen and oxygen atoms in total. The van der Waals surface area contributed by atoms with Crippen LogP contribution in [-0.2, 0) is 11.2 Å². The van der Waals surface area contributed by atoms with Crippen molar-refractivity contribution in [3.63, 3.8) is 0 Å². The van der Waals surface area contributed by atoms with Crippen molar-refractivity contribution in [2.45, 2.75) is 19.0 Å². The van der Waals surface area contributed by atoms with Gasteiger partial charge in [0.2, 0.25) is 5.91 Å². The van der Waals surface area contributed by atoms with Gasteiger partial charge in [-0.15, -0.1) is 11.3 Å². The first-order chi connectivity index (χ1) is 11.3. The first-order valence-electron chi connectivity index (χ1n) is 7.11. The van der Waals surface area contributed by atoms with Gasteiger partial charge in [-0.1, -0.05) is 18.2 Å². The number of thiophene rings is 1. The maximum atomic E-state index is 12.2. The smallest absolute Gasteiger partial charge is 0.343 e. The molecular formula is C16H15F3N2O2S. The fraction of sp³-hybridized carbons (Fsp3) is 0.250. The van der Waals surface area contributed by atoms with Crippen LogP contribution < -0.4 is 10.6 Å². The number of halogens is 3. The number of carbonyl (C=O) groups is 2. The van der Waals surface area contributed by atoms with Crippen LogP contribution in [0.25, 0.3) is 0 Å². The molecule has 2 amide bonds. The first-order valence-corrected chi connectivity index (χ1v) is 7.99. The van der Waals surface area contributed by atoms with Gasteiger partial charge >= 0.3 is 6.18 Å². The minimum Gasteiger partial charge on any atom is -0.343 e. The molecule has 0 radical (unpaired) electrons. The molecule has 0 saturated heterocycles. The maximum absolute atomic E-state index is 12.2. The van der Waals surface area contributed by atoms with Crippen molar-refractivity contribution in [2.24, 2.45) is 0 Å². The van der Waals surface area contributed by atoms with Gasteiger partial charge in [0.25, 0.3) is 5.91 Å². The van der Waals surface area contributed by atoms with Gasteiger partial charge in [0.1, 0.15) is 6.54 Å². The molecule has 1 aromatic carbocycles. The molecule has 0 aliphatic carbocycles. The zero-order valence-electron chi connectivity index (χ0n) is 12.5. The van der Waals surface area contributed by atoms with Gasteiger partial charge in [0.05, 0.1) is 11.3 Å². The van der Waals surface area contributed by atoms with E-state index in [2.05, 4.69) is 5.32 Å². The predicted octanol–water partition coefficient (Wildman–Crippen LogP) is 3.61. The molecule has 0 bridgehead atoms. The molecule has 1 heterocycles. The van der Waals surface area contributed by atoms with Crippen molar-refractivity contribution in [3.8, 4) is 0 Å². The topological polar surface area (TPSA) is 58.2 Å². The van der Waals surface area contributed by atoms with E-state index in [-0.39, 0.29) is 23.6 Å². The fourth-order valence-corrected chi connectivity index (χ4v) is 2.68. The number of hydrogen-bond donors (Lipinski definition) is 2. The van der Waals surface area contributed by atoms with Crippen LogP contribution in [0.1, 0.15) is 21.7 Å². The summed E-state index contributed by atoms with van der Waals surface area (Å²) in [6.45, 7) is -1.42. The Hall–Kier alpha value is -2.35. The predicted molar refractivity (Wildman–Crippen MR) is 86.1 cm³/mol. The molecule has 1 aromatic heterocycles. The molecule has 24 heavy (non-hydrogen) atoms. The lowest BCUT2D eigenvalue weighted by Crippen LogP contribution is -2.34. The van der Waals surface area contributed by atoms with Crippen molar-refractivity contribution in [2.75, 3.05) is 11.9 Å². The van der Waals surface area contributed by atoms with Crippen LogP contribution >= 0.6 is 11.3 Å². The highest BCUT2D eigenvalue weighted by Crippen LogP contribution is 2.18. The molecule has 2 N–H and O–H groups in total. The van der Waals surface area contributed by atoms with Crippen LogP contribution in [0.4, 0.5) is 18.9 Å². The summed E-state index contributed by atoms with van der Waals surface area (Å²) >= 11 is 1.54. The largest absolute Gasteiger partial charge is 0.405 e. The van der Waals surface area contributed by atoms with Crippen molar-refractivity contribution in [1.29, 1.82) is 0 Å². The monoisotopic (exact) mass is 356 g/mol. The number of rotatable bonds is 6. The molecule has 0 atom stereocenters. The van der Waals surface area contributed by atoms with Crippen molar-refractivity contribution < 1.29 is 22.8 Å². The van der Waals surface area contributed by atoms with E-state index in [1.807, 2.05) is 17.5 Å². The van der Waals surface area contributed by atoms with E-state index < -0.39 is 18.6 Å². The first kappa shape index (κ1) is 18.0. The Balaban J connectivity index is 1.97. The normalized spacial score (nSPS) is 11.1. The van der Waals surface area contributed by atoms with Crippen LogP contribution in [0.5, 0.6) is 0 Å². The average Bonchev–Trinajstić information content (AvgIpc) is 3.04. The highest BCUT2D eigenvalue weighted by atomic mass is 32.1. The summed E-state index contributed by atoms with van der Waals surface area (Å²) in [6.07, 6.45) is -3.71. The quantitative estimate of drug-likeness (QED) is 0.831. The van der Waals surface area contributed by atoms with E-state index in [1.165, 1.54) is 29.5 Å². The molecule has 0 aliphatic heterocycles. The zero-order chi connectivity index (χ0) is 17.6. The highest BCUT2D eigenvalue weighted by molar-refractivity contribution is 7.09. The number of hydrogen-bond acceptors (Lipinski definition) is 3. The van der Waals surface area contributed by atoms with Crippen molar-refractivity contribution >= 4 is 28.8 Å². The summed E-state index contributed by atoms with van der Waals surface area (Å²) in [6, 6.07) is 9.75. The Morgan fingerprint density at radius 1 is 1.08 bits per heavy atom. The summed E-state index contributed by atoms with van der Waals surface area (Å²) in [5.74, 6) is -1.19. The lowest BCUT2D eigenvalue weighted by molar-refractivity contribution is -0.123. The average molecular weight is 356 g/mol. The molecule has 8 heteroatoms. The Kier molecular flexibility index (Phi) is 5.97. The Morgan fingerprint density at radius 2 is 1.83 bits per heavy atom. The van der Waals surface area contributed by atoms with Gasteiger partial charge in [0, 0.05) is 11.3 Å². The Labute approximate surface area is 140 Å². The van der Waals surface area contributed by atoms with Crippen LogP contribution in [0, 0.1) is 0 Å². The number of anilines is 1. The summed E-state index contributed by atoms with van der Waals surface area (Å²) < 4.78 is 36.6. The number of alkyl halides is 3. The fourth-order valence-electron chi connectivity index (χ4n) is 1.97. The summed E-state index contributed by atoms with van der Waals surface area (Å²) in [5, 5.41) is 6.28. The van der Waals surface area contributed by atoms with Crippen molar-refractivity contribution in [1.82, 2.24) is 5.32 Å². The van der Waals surface area contributed by atoms with E-state index >= 15 is 0 Å². The molecule has 0 fully saturated rings. The van der Waals surface area contributed by atoms with E-state index in [0.717, 1.165) is 4.88 Å². The third-order valence-electron chi connectivity index (χ3n) is 3.07. The Morgan fingerprint density at radius 3 is 2.50 bits per heavy atom. The molecule has 128 valence electrons. The van der Waals surface area contributed by atoms with Gasteiger partial charge < -0.3 is 10.6 Å².